The molecule has 2 heteroatoms. The number of nitrogens with two attached hydrogens (primary N) is 1. The van der Waals surface area contributed by atoms with Gasteiger partial charge in [0.05, 0.1) is 0 Å². The summed E-state index contributed by atoms with van der Waals surface area (Å²) in [5, 5.41) is 9.36. The zero-order chi connectivity index (χ0) is 13.7. The first kappa shape index (κ1) is 17.9. The third kappa shape index (κ3) is 15.9. The van der Waals surface area contributed by atoms with Crippen molar-refractivity contribution >= 4 is 0 Å². The van der Waals surface area contributed by atoms with E-state index in [-0.39, 0.29) is 0 Å². The molecule has 0 aliphatic carbocycles. The summed E-state index contributed by atoms with van der Waals surface area (Å²) in [6, 6.07) is 0. The fraction of sp³-hybridized carbons (Fsp3) is 1.00. The molecule has 0 aromatic rings. The molecule has 0 amide bonds. The van der Waals surface area contributed by atoms with Crippen LogP contribution >= 0.6 is 0 Å². The fourth-order valence-electron chi connectivity index (χ4n) is 2.32. The third-order valence-corrected chi connectivity index (χ3v) is 3.54. The summed E-state index contributed by atoms with van der Waals surface area (Å²) in [4.78, 5) is 0. The predicted octanol–water partition coefficient (Wildman–Crippen LogP) is 4.74. The van der Waals surface area contributed by atoms with Crippen LogP contribution in [0.3, 0.4) is 0 Å². The molecule has 0 saturated heterocycles. The number of hydrogen-bond acceptors (Lipinski definition) is 2. The molecule has 0 fully saturated rings. The summed E-state index contributed by atoms with van der Waals surface area (Å²) in [6.45, 7) is 3.95. The van der Waals surface area contributed by atoms with Crippen LogP contribution in [0.2, 0.25) is 0 Å². The van der Waals surface area contributed by atoms with E-state index in [9.17, 15) is 5.11 Å². The maximum absolute atomic E-state index is 9.36. The lowest BCUT2D eigenvalue weighted by Gasteiger charge is -2.16. The number of rotatable bonds is 13. The summed E-state index contributed by atoms with van der Waals surface area (Å²) < 4.78 is 0. The van der Waals surface area contributed by atoms with Crippen molar-refractivity contribution in [1.82, 2.24) is 0 Å². The first-order chi connectivity index (χ1) is 8.56. The first-order valence-corrected chi connectivity index (χ1v) is 8.07. The Hall–Kier alpha value is -0.0800. The van der Waals surface area contributed by atoms with Crippen LogP contribution in [0.1, 0.15) is 97.3 Å². The smallest absolute Gasteiger partial charge is 0.110 e. The number of unbranched alkanes of at least 4 members (excludes halogenated alkanes) is 11. The largest absolute Gasteiger partial charge is 0.376 e. The maximum Gasteiger partial charge on any atom is 0.110 e. The minimum absolute atomic E-state index is 0.727. The first-order valence-electron chi connectivity index (χ1n) is 8.07. The summed E-state index contributed by atoms with van der Waals surface area (Å²) in [5.41, 5.74) is 4.56. The molecule has 0 spiro atoms. The summed E-state index contributed by atoms with van der Waals surface area (Å²) in [6.07, 6.45) is 16.9. The number of hydrogen-bond donors (Lipinski definition) is 2. The lowest BCUT2D eigenvalue weighted by Crippen LogP contribution is -2.35. The van der Waals surface area contributed by atoms with Gasteiger partial charge in [0.2, 0.25) is 0 Å². The van der Waals surface area contributed by atoms with Crippen molar-refractivity contribution in [3.8, 4) is 0 Å². The van der Waals surface area contributed by atoms with Crippen molar-refractivity contribution in [2.75, 3.05) is 0 Å². The van der Waals surface area contributed by atoms with Crippen LogP contribution in [0, 0.1) is 0 Å². The van der Waals surface area contributed by atoms with E-state index in [4.69, 9.17) is 5.73 Å². The van der Waals surface area contributed by atoms with Crippen molar-refractivity contribution < 1.29 is 5.11 Å². The standard InChI is InChI=1S/C16H35NO/c1-3-4-5-6-7-8-9-10-11-12-13-14-15-16(2,17)18/h18H,3-15,17H2,1-2H3. The molecule has 110 valence electrons. The Morgan fingerprint density at radius 2 is 1.06 bits per heavy atom. The van der Waals surface area contributed by atoms with Crippen molar-refractivity contribution in [2.24, 2.45) is 5.73 Å². The van der Waals surface area contributed by atoms with Crippen LogP contribution in [0.5, 0.6) is 0 Å². The highest BCUT2D eigenvalue weighted by Crippen LogP contribution is 2.14. The monoisotopic (exact) mass is 257 g/mol. The second-order valence-corrected chi connectivity index (χ2v) is 6.00. The molecule has 1 atom stereocenters. The Labute approximate surface area is 114 Å². The quantitative estimate of drug-likeness (QED) is 0.369. The van der Waals surface area contributed by atoms with Crippen LogP contribution in [-0.4, -0.2) is 10.8 Å². The van der Waals surface area contributed by atoms with E-state index in [2.05, 4.69) is 6.92 Å². The van der Waals surface area contributed by atoms with Gasteiger partial charge in [-0.05, 0) is 19.8 Å². The normalized spacial score (nSPS) is 14.7. The zero-order valence-electron chi connectivity index (χ0n) is 12.7. The molecule has 0 aromatic heterocycles. The second kappa shape index (κ2) is 12.0. The van der Waals surface area contributed by atoms with Gasteiger partial charge in [0.25, 0.3) is 0 Å². The lowest BCUT2D eigenvalue weighted by atomic mass is 10.0. The molecule has 0 radical (unpaired) electrons. The van der Waals surface area contributed by atoms with Gasteiger partial charge in [0.1, 0.15) is 5.72 Å². The highest BCUT2D eigenvalue weighted by atomic mass is 16.3. The Morgan fingerprint density at radius 3 is 1.39 bits per heavy atom. The molecule has 0 rings (SSSR count). The summed E-state index contributed by atoms with van der Waals surface area (Å²) >= 11 is 0. The van der Waals surface area contributed by atoms with E-state index >= 15 is 0 Å². The van der Waals surface area contributed by atoms with E-state index in [0.29, 0.717) is 0 Å². The topological polar surface area (TPSA) is 46.2 Å². The van der Waals surface area contributed by atoms with Gasteiger partial charge in [0, 0.05) is 0 Å². The van der Waals surface area contributed by atoms with Gasteiger partial charge in [-0.2, -0.15) is 0 Å². The second-order valence-electron chi connectivity index (χ2n) is 6.00. The van der Waals surface area contributed by atoms with Gasteiger partial charge in [-0.25, -0.2) is 0 Å². The van der Waals surface area contributed by atoms with E-state index in [1.165, 1.54) is 70.6 Å². The van der Waals surface area contributed by atoms with Gasteiger partial charge >= 0.3 is 0 Å². The Morgan fingerprint density at radius 1 is 0.722 bits per heavy atom. The molecule has 0 aromatic carbocycles. The van der Waals surface area contributed by atoms with Crippen molar-refractivity contribution in [1.29, 1.82) is 0 Å². The highest BCUT2D eigenvalue weighted by Gasteiger charge is 2.11. The van der Waals surface area contributed by atoms with E-state index in [1.807, 2.05) is 0 Å². The van der Waals surface area contributed by atoms with Crippen LogP contribution in [-0.2, 0) is 0 Å². The molecule has 0 aliphatic heterocycles. The highest BCUT2D eigenvalue weighted by molar-refractivity contribution is 4.62. The summed E-state index contributed by atoms with van der Waals surface area (Å²) in [5.74, 6) is 0. The molecular formula is C16H35NO. The van der Waals surface area contributed by atoms with Gasteiger partial charge < -0.3 is 10.8 Å². The van der Waals surface area contributed by atoms with Crippen molar-refractivity contribution in [2.45, 2.75) is 103 Å². The predicted molar refractivity (Wildman–Crippen MR) is 80.5 cm³/mol. The molecule has 0 heterocycles. The van der Waals surface area contributed by atoms with Gasteiger partial charge in [-0.3, -0.25) is 0 Å². The SMILES string of the molecule is CCCCCCCCCCCCCCC(C)(N)O. The molecule has 3 N–H and O–H groups in total. The molecule has 2 nitrogen and oxygen atoms in total. The Bertz CT molecular complexity index is 163. The van der Waals surface area contributed by atoms with Crippen molar-refractivity contribution in [3.05, 3.63) is 0 Å². The Balaban J connectivity index is 2.99. The minimum Gasteiger partial charge on any atom is -0.376 e. The molecule has 0 aliphatic rings. The lowest BCUT2D eigenvalue weighted by molar-refractivity contribution is 0.0550. The van der Waals surface area contributed by atoms with Crippen LogP contribution in [0.15, 0.2) is 0 Å². The number of aliphatic hydroxyl groups is 1. The average Bonchev–Trinajstić information content (AvgIpc) is 2.29. The van der Waals surface area contributed by atoms with Crippen molar-refractivity contribution in [3.63, 3.8) is 0 Å². The van der Waals surface area contributed by atoms with Crippen LogP contribution in [0.25, 0.3) is 0 Å². The molecule has 18 heavy (non-hydrogen) atoms. The Kier molecular flexibility index (Phi) is 11.9. The third-order valence-electron chi connectivity index (χ3n) is 3.54. The molecule has 0 bridgehead atoms. The molecular weight excluding hydrogens is 222 g/mol. The summed E-state index contributed by atoms with van der Waals surface area (Å²) in [7, 11) is 0. The van der Waals surface area contributed by atoms with E-state index < -0.39 is 5.72 Å². The minimum atomic E-state index is -0.960. The van der Waals surface area contributed by atoms with Gasteiger partial charge in [-0.1, -0.05) is 77.6 Å². The molecule has 1 unspecified atom stereocenters. The van der Waals surface area contributed by atoms with Crippen LogP contribution in [0.4, 0.5) is 0 Å². The van der Waals surface area contributed by atoms with Gasteiger partial charge in [0.15, 0.2) is 0 Å². The molecule has 0 saturated carbocycles. The fourth-order valence-corrected chi connectivity index (χ4v) is 2.32. The van der Waals surface area contributed by atoms with E-state index in [1.54, 1.807) is 6.92 Å². The maximum atomic E-state index is 9.36. The van der Waals surface area contributed by atoms with Crippen LogP contribution < -0.4 is 5.73 Å². The average molecular weight is 257 g/mol. The van der Waals surface area contributed by atoms with Gasteiger partial charge in [-0.15, -0.1) is 0 Å². The zero-order valence-corrected chi connectivity index (χ0v) is 12.7. The van der Waals surface area contributed by atoms with E-state index in [0.717, 1.165) is 12.8 Å².